The maximum atomic E-state index is 10.9. The second-order valence-corrected chi connectivity index (χ2v) is 9.08. The minimum Gasteiger partial charge on any atom is -0.507 e. The van der Waals surface area contributed by atoms with Crippen LogP contribution in [0.1, 0.15) is 97.8 Å². The van der Waals surface area contributed by atoms with E-state index < -0.39 is 0 Å². The Morgan fingerprint density at radius 3 is 1.43 bits per heavy atom. The van der Waals surface area contributed by atoms with Gasteiger partial charge in [0.2, 0.25) is 0 Å². The van der Waals surface area contributed by atoms with E-state index in [1.54, 1.807) is 0 Å². The second kappa shape index (κ2) is 6.84. The lowest BCUT2D eigenvalue weighted by Gasteiger charge is -2.34. The summed E-state index contributed by atoms with van der Waals surface area (Å²) in [7, 11) is 0. The fourth-order valence-corrected chi connectivity index (χ4v) is 3.37. The monoisotopic (exact) mass is 319 g/mol. The second-order valence-electron chi connectivity index (χ2n) is 9.08. The molecule has 0 aliphatic carbocycles. The Morgan fingerprint density at radius 2 is 1.17 bits per heavy atom. The first-order chi connectivity index (χ1) is 10.4. The average Bonchev–Trinajstić information content (AvgIpc) is 2.36. The molecule has 0 saturated heterocycles. The molecule has 0 amide bonds. The van der Waals surface area contributed by atoms with Gasteiger partial charge in [-0.05, 0) is 52.5 Å². The number of rotatable bonds is 5. The van der Waals surface area contributed by atoms with E-state index in [2.05, 4.69) is 67.5 Å². The molecule has 3 N–H and O–H groups in total. The summed E-state index contributed by atoms with van der Waals surface area (Å²) in [6.45, 7) is 17.3. The molecule has 0 unspecified atom stereocenters. The number of phenols is 1. The Kier molecular flexibility index (Phi) is 5.96. The van der Waals surface area contributed by atoms with Crippen LogP contribution in [0.3, 0.4) is 0 Å². The summed E-state index contributed by atoms with van der Waals surface area (Å²) in [5, 5.41) is 10.9. The Labute approximate surface area is 143 Å². The summed E-state index contributed by atoms with van der Waals surface area (Å²) in [6, 6.07) is 4.30. The van der Waals surface area contributed by atoms with Crippen molar-refractivity contribution in [1.82, 2.24) is 0 Å². The highest BCUT2D eigenvalue weighted by atomic mass is 16.3. The maximum Gasteiger partial charge on any atom is 0.123 e. The summed E-state index contributed by atoms with van der Waals surface area (Å²) in [5.41, 5.74) is 9.48. The number of nitrogens with two attached hydrogens (primary N) is 1. The number of hydrogen-bond donors (Lipinski definition) is 2. The molecule has 0 bridgehead atoms. The number of benzene rings is 1. The van der Waals surface area contributed by atoms with E-state index in [1.807, 2.05) is 0 Å². The molecule has 0 aliphatic rings. The van der Waals surface area contributed by atoms with Crippen molar-refractivity contribution >= 4 is 0 Å². The highest BCUT2D eigenvalue weighted by molar-refractivity contribution is 5.51. The van der Waals surface area contributed by atoms with Crippen molar-refractivity contribution in [1.29, 1.82) is 0 Å². The topological polar surface area (TPSA) is 46.2 Å². The quantitative estimate of drug-likeness (QED) is 0.726. The molecule has 0 aliphatic heterocycles. The SMILES string of the molecule is CCCC(N)(CCC)c1cc(C(C)(C)C)c(O)c(C(C)(C)C)c1. The zero-order valence-electron chi connectivity index (χ0n) is 16.5. The van der Waals surface area contributed by atoms with Crippen molar-refractivity contribution in [3.05, 3.63) is 28.8 Å². The zero-order chi connectivity index (χ0) is 18.1. The van der Waals surface area contributed by atoms with E-state index in [0.717, 1.165) is 36.8 Å². The van der Waals surface area contributed by atoms with E-state index in [1.165, 1.54) is 5.56 Å². The minimum atomic E-state index is -0.308. The van der Waals surface area contributed by atoms with Crippen molar-refractivity contribution in [3.8, 4) is 5.75 Å². The summed E-state index contributed by atoms with van der Waals surface area (Å²) in [4.78, 5) is 0. The van der Waals surface area contributed by atoms with Gasteiger partial charge >= 0.3 is 0 Å². The van der Waals surface area contributed by atoms with Crippen LogP contribution in [0, 0.1) is 0 Å². The molecule has 0 atom stereocenters. The van der Waals surface area contributed by atoms with E-state index in [4.69, 9.17) is 5.73 Å². The van der Waals surface area contributed by atoms with Crippen LogP contribution in [-0.2, 0) is 16.4 Å². The normalized spacial score (nSPS) is 13.4. The molecule has 2 nitrogen and oxygen atoms in total. The van der Waals surface area contributed by atoms with Crippen LogP contribution in [-0.4, -0.2) is 5.11 Å². The van der Waals surface area contributed by atoms with Crippen LogP contribution in [0.4, 0.5) is 0 Å². The molecular weight excluding hydrogens is 282 g/mol. The van der Waals surface area contributed by atoms with E-state index in [9.17, 15) is 5.11 Å². The number of aromatic hydroxyl groups is 1. The van der Waals surface area contributed by atoms with Crippen LogP contribution in [0.15, 0.2) is 12.1 Å². The van der Waals surface area contributed by atoms with E-state index in [-0.39, 0.29) is 16.4 Å². The fraction of sp³-hybridized carbons (Fsp3) is 0.714. The van der Waals surface area contributed by atoms with Crippen LogP contribution < -0.4 is 5.73 Å². The standard InChI is InChI=1S/C21H37NO/c1-9-11-21(22,12-10-2)15-13-16(19(3,4)5)18(23)17(14-15)20(6,7)8/h13-14,23H,9-12,22H2,1-8H3. The smallest absolute Gasteiger partial charge is 0.123 e. The lowest BCUT2D eigenvalue weighted by molar-refractivity contribution is 0.364. The Hall–Kier alpha value is -1.02. The lowest BCUT2D eigenvalue weighted by Crippen LogP contribution is -2.37. The van der Waals surface area contributed by atoms with Crippen molar-refractivity contribution in [2.24, 2.45) is 5.73 Å². The third-order valence-corrected chi connectivity index (χ3v) is 4.69. The molecule has 1 aromatic carbocycles. The summed E-state index contributed by atoms with van der Waals surface area (Å²) < 4.78 is 0. The zero-order valence-corrected chi connectivity index (χ0v) is 16.5. The summed E-state index contributed by atoms with van der Waals surface area (Å²) in [6.07, 6.45) is 4.07. The van der Waals surface area contributed by atoms with Crippen LogP contribution in [0.2, 0.25) is 0 Å². The lowest BCUT2D eigenvalue weighted by atomic mass is 9.74. The predicted molar refractivity (Wildman–Crippen MR) is 101 cm³/mol. The third kappa shape index (κ3) is 4.50. The van der Waals surface area contributed by atoms with Gasteiger partial charge < -0.3 is 10.8 Å². The highest BCUT2D eigenvalue weighted by Gasteiger charge is 2.32. The van der Waals surface area contributed by atoms with Gasteiger partial charge in [-0.2, -0.15) is 0 Å². The Balaban J connectivity index is 3.67. The van der Waals surface area contributed by atoms with Gasteiger partial charge in [0.05, 0.1) is 0 Å². The first-order valence-electron chi connectivity index (χ1n) is 9.04. The summed E-state index contributed by atoms with van der Waals surface area (Å²) >= 11 is 0. The molecule has 0 aromatic heterocycles. The van der Waals surface area contributed by atoms with Crippen molar-refractivity contribution < 1.29 is 5.11 Å². The van der Waals surface area contributed by atoms with Crippen LogP contribution >= 0.6 is 0 Å². The first kappa shape index (κ1) is 20.0. The number of phenolic OH excluding ortho intramolecular Hbond substituents is 1. The third-order valence-electron chi connectivity index (χ3n) is 4.69. The largest absolute Gasteiger partial charge is 0.507 e. The van der Waals surface area contributed by atoms with Gasteiger partial charge in [0.25, 0.3) is 0 Å². The average molecular weight is 320 g/mol. The van der Waals surface area contributed by atoms with Crippen LogP contribution in [0.25, 0.3) is 0 Å². The molecule has 1 aromatic rings. The van der Waals surface area contributed by atoms with E-state index in [0.29, 0.717) is 5.75 Å². The number of hydrogen-bond acceptors (Lipinski definition) is 2. The van der Waals surface area contributed by atoms with Gasteiger partial charge in [0.1, 0.15) is 5.75 Å². The molecule has 23 heavy (non-hydrogen) atoms. The predicted octanol–water partition coefficient (Wildman–Crippen LogP) is 5.74. The van der Waals surface area contributed by atoms with Gasteiger partial charge in [-0.1, -0.05) is 68.2 Å². The van der Waals surface area contributed by atoms with E-state index >= 15 is 0 Å². The molecule has 1 rings (SSSR count). The van der Waals surface area contributed by atoms with Gasteiger partial charge in [0, 0.05) is 5.54 Å². The fourth-order valence-electron chi connectivity index (χ4n) is 3.37. The maximum absolute atomic E-state index is 10.9. The van der Waals surface area contributed by atoms with Crippen molar-refractivity contribution in [3.63, 3.8) is 0 Å². The molecule has 132 valence electrons. The minimum absolute atomic E-state index is 0.112. The molecular formula is C21H37NO. The molecule has 0 saturated carbocycles. The van der Waals surface area contributed by atoms with Gasteiger partial charge in [0.15, 0.2) is 0 Å². The van der Waals surface area contributed by atoms with Gasteiger partial charge in [-0.15, -0.1) is 0 Å². The molecule has 0 fully saturated rings. The van der Waals surface area contributed by atoms with Gasteiger partial charge in [-0.3, -0.25) is 0 Å². The highest BCUT2D eigenvalue weighted by Crippen LogP contribution is 2.42. The first-order valence-corrected chi connectivity index (χ1v) is 9.04. The van der Waals surface area contributed by atoms with Crippen molar-refractivity contribution in [2.45, 2.75) is 97.4 Å². The molecule has 0 radical (unpaired) electrons. The molecule has 0 spiro atoms. The Bertz CT molecular complexity index is 491. The molecule has 0 heterocycles. The van der Waals surface area contributed by atoms with Crippen molar-refractivity contribution in [2.75, 3.05) is 0 Å². The summed E-state index contributed by atoms with van der Waals surface area (Å²) in [5.74, 6) is 0.434. The molecule has 2 heteroatoms. The Morgan fingerprint density at radius 1 is 0.826 bits per heavy atom. The van der Waals surface area contributed by atoms with Crippen LogP contribution in [0.5, 0.6) is 5.75 Å². The van der Waals surface area contributed by atoms with Gasteiger partial charge in [-0.25, -0.2) is 0 Å².